The maximum absolute atomic E-state index is 12.0. The monoisotopic (exact) mass is 506 g/mol. The second-order valence-electron chi connectivity index (χ2n) is 9.82. The van der Waals surface area contributed by atoms with Gasteiger partial charge in [-0.05, 0) is 41.9 Å². The van der Waals surface area contributed by atoms with Crippen molar-refractivity contribution in [2.45, 2.75) is 31.8 Å². The molecule has 0 unspecified atom stereocenters. The quantitative estimate of drug-likeness (QED) is 0.334. The standard InChI is InChI=1S/C32H34N2O2Si/c35-32(36-26-29-10-4-1-5-11-29)33-24-27-16-18-28(19-17-27)25-34-20-22-37(23-21-34,30-12-6-2-7-13-30)31-14-8-3-9-15-31/h1-19H,20-26H2,(H,33,35). The van der Waals surface area contributed by atoms with Gasteiger partial charge in [0.1, 0.15) is 14.7 Å². The highest BCUT2D eigenvalue weighted by atomic mass is 28.3. The van der Waals surface area contributed by atoms with E-state index in [9.17, 15) is 4.79 Å². The molecular weight excluding hydrogens is 472 g/mol. The molecule has 4 nitrogen and oxygen atoms in total. The van der Waals surface area contributed by atoms with Gasteiger partial charge < -0.3 is 10.1 Å². The summed E-state index contributed by atoms with van der Waals surface area (Å²) in [6.07, 6.45) is -0.397. The van der Waals surface area contributed by atoms with Gasteiger partial charge in [0.05, 0.1) is 0 Å². The van der Waals surface area contributed by atoms with Gasteiger partial charge in [0, 0.05) is 13.1 Å². The number of benzene rings is 4. The predicted octanol–water partition coefficient (Wildman–Crippen LogP) is 5.19. The van der Waals surface area contributed by atoms with Crippen LogP contribution >= 0.6 is 0 Å². The number of hydrogen-bond acceptors (Lipinski definition) is 3. The van der Waals surface area contributed by atoms with Crippen molar-refractivity contribution < 1.29 is 9.53 Å². The SMILES string of the molecule is O=C(NCc1ccc(CN2CC[Si](c3ccccc3)(c3ccccc3)CC2)cc1)OCc1ccccc1. The molecule has 1 heterocycles. The molecule has 37 heavy (non-hydrogen) atoms. The highest BCUT2D eigenvalue weighted by Gasteiger charge is 2.40. The molecule has 4 aromatic carbocycles. The third-order valence-corrected chi connectivity index (χ3v) is 12.5. The van der Waals surface area contributed by atoms with Gasteiger partial charge in [0.25, 0.3) is 0 Å². The van der Waals surface area contributed by atoms with Gasteiger partial charge in [0.2, 0.25) is 0 Å². The minimum atomic E-state index is -1.75. The summed E-state index contributed by atoms with van der Waals surface area (Å²) in [4.78, 5) is 14.6. The van der Waals surface area contributed by atoms with Crippen LogP contribution in [0.25, 0.3) is 0 Å². The van der Waals surface area contributed by atoms with Gasteiger partial charge >= 0.3 is 6.09 Å². The summed E-state index contributed by atoms with van der Waals surface area (Å²) >= 11 is 0. The second kappa shape index (κ2) is 12.0. The van der Waals surface area contributed by atoms with E-state index in [1.807, 2.05) is 30.3 Å². The summed E-state index contributed by atoms with van der Waals surface area (Å²) in [5.41, 5.74) is 3.36. The maximum Gasteiger partial charge on any atom is 0.407 e. The number of carbonyl (C=O) groups excluding carboxylic acids is 1. The van der Waals surface area contributed by atoms with Crippen LogP contribution in [0.1, 0.15) is 16.7 Å². The molecule has 1 fully saturated rings. The first-order valence-corrected chi connectivity index (χ1v) is 15.5. The zero-order valence-corrected chi connectivity index (χ0v) is 22.2. The van der Waals surface area contributed by atoms with Crippen LogP contribution in [0.3, 0.4) is 0 Å². The minimum absolute atomic E-state index is 0.278. The molecule has 0 saturated carbocycles. The van der Waals surface area contributed by atoms with Gasteiger partial charge in [-0.25, -0.2) is 4.79 Å². The third kappa shape index (κ3) is 6.37. The van der Waals surface area contributed by atoms with Crippen LogP contribution in [0.5, 0.6) is 0 Å². The van der Waals surface area contributed by atoms with Crippen LogP contribution in [0.2, 0.25) is 12.1 Å². The number of hydrogen-bond donors (Lipinski definition) is 1. The van der Waals surface area contributed by atoms with E-state index >= 15 is 0 Å². The highest BCUT2D eigenvalue weighted by molar-refractivity contribution is 7.02. The Hall–Kier alpha value is -3.67. The summed E-state index contributed by atoms with van der Waals surface area (Å²) in [5.74, 6) is 0. The van der Waals surface area contributed by atoms with Crippen LogP contribution in [-0.4, -0.2) is 32.2 Å². The number of nitrogens with zero attached hydrogens (tertiary/aromatic N) is 1. The fourth-order valence-corrected chi connectivity index (χ4v) is 10.1. The number of ether oxygens (including phenoxy) is 1. The van der Waals surface area contributed by atoms with E-state index in [0.717, 1.165) is 30.8 Å². The van der Waals surface area contributed by atoms with E-state index < -0.39 is 14.2 Å². The van der Waals surface area contributed by atoms with Crippen LogP contribution in [-0.2, 0) is 24.4 Å². The summed E-state index contributed by atoms with van der Waals surface area (Å²) in [6, 6.07) is 43.2. The molecule has 0 aromatic heterocycles. The Kier molecular flexibility index (Phi) is 8.14. The maximum atomic E-state index is 12.0. The average Bonchev–Trinajstić information content (AvgIpc) is 2.98. The normalized spacial score (nSPS) is 15.1. The zero-order chi connectivity index (χ0) is 25.3. The van der Waals surface area contributed by atoms with Crippen molar-refractivity contribution in [3.63, 3.8) is 0 Å². The summed E-state index contributed by atoms with van der Waals surface area (Å²) in [6.45, 7) is 3.93. The zero-order valence-electron chi connectivity index (χ0n) is 21.2. The molecule has 1 aliphatic rings. The first kappa shape index (κ1) is 25.0. The molecule has 5 rings (SSSR count). The van der Waals surface area contributed by atoms with Gasteiger partial charge in [-0.3, -0.25) is 4.90 Å². The number of nitrogens with one attached hydrogen (secondary N) is 1. The number of alkyl carbamates (subject to hydrolysis) is 1. The van der Waals surface area contributed by atoms with Crippen LogP contribution < -0.4 is 15.7 Å². The first-order valence-electron chi connectivity index (χ1n) is 13.1. The Labute approximate surface area is 220 Å². The van der Waals surface area contributed by atoms with E-state index in [0.29, 0.717) is 6.54 Å². The van der Waals surface area contributed by atoms with Crippen molar-refractivity contribution in [2.24, 2.45) is 0 Å². The Morgan fingerprint density at radius 3 is 1.76 bits per heavy atom. The molecule has 5 heteroatoms. The van der Waals surface area contributed by atoms with Gasteiger partial charge in [0.15, 0.2) is 0 Å². The van der Waals surface area contributed by atoms with Crippen molar-refractivity contribution in [1.82, 2.24) is 10.2 Å². The topological polar surface area (TPSA) is 41.6 Å². The van der Waals surface area contributed by atoms with Gasteiger partial charge in [-0.2, -0.15) is 0 Å². The average molecular weight is 507 g/mol. The van der Waals surface area contributed by atoms with Crippen molar-refractivity contribution in [3.05, 3.63) is 132 Å². The van der Waals surface area contributed by atoms with E-state index in [2.05, 4.69) is 95.1 Å². The number of carbonyl (C=O) groups is 1. The molecule has 1 N–H and O–H groups in total. The van der Waals surface area contributed by atoms with E-state index in [1.165, 1.54) is 17.7 Å². The molecule has 1 saturated heterocycles. The summed E-state index contributed by atoms with van der Waals surface area (Å²) in [7, 11) is -1.75. The molecule has 1 aliphatic heterocycles. The highest BCUT2D eigenvalue weighted by Crippen LogP contribution is 2.24. The smallest absolute Gasteiger partial charge is 0.407 e. The van der Waals surface area contributed by atoms with Crippen molar-refractivity contribution in [2.75, 3.05) is 13.1 Å². The molecule has 0 atom stereocenters. The fourth-order valence-electron chi connectivity index (χ4n) is 5.32. The van der Waals surface area contributed by atoms with Crippen molar-refractivity contribution >= 4 is 24.5 Å². The molecular formula is C32H34N2O2Si. The lowest BCUT2D eigenvalue weighted by atomic mass is 10.1. The van der Waals surface area contributed by atoms with Crippen LogP contribution in [0, 0.1) is 0 Å². The van der Waals surface area contributed by atoms with E-state index in [-0.39, 0.29) is 6.61 Å². The largest absolute Gasteiger partial charge is 0.445 e. The molecule has 4 aromatic rings. The lowest BCUT2D eigenvalue weighted by molar-refractivity contribution is 0.139. The van der Waals surface area contributed by atoms with Crippen molar-refractivity contribution in [1.29, 1.82) is 0 Å². The second-order valence-corrected chi connectivity index (χ2v) is 14.1. The minimum Gasteiger partial charge on any atom is -0.445 e. The van der Waals surface area contributed by atoms with Gasteiger partial charge in [-0.15, -0.1) is 0 Å². The fraction of sp³-hybridized carbons (Fsp3) is 0.219. The Bertz CT molecular complexity index is 1220. The summed E-state index contributed by atoms with van der Waals surface area (Å²) in [5, 5.41) is 5.95. The van der Waals surface area contributed by atoms with Crippen LogP contribution in [0.15, 0.2) is 115 Å². The molecule has 1 amide bonds. The summed E-state index contributed by atoms with van der Waals surface area (Å²) < 4.78 is 5.30. The first-order chi connectivity index (χ1) is 18.2. The number of rotatable bonds is 8. The molecule has 0 spiro atoms. The lowest BCUT2D eigenvalue weighted by Gasteiger charge is -2.41. The van der Waals surface area contributed by atoms with Crippen LogP contribution in [0.4, 0.5) is 4.79 Å². The Morgan fingerprint density at radius 2 is 1.19 bits per heavy atom. The van der Waals surface area contributed by atoms with Crippen molar-refractivity contribution in [3.8, 4) is 0 Å². The lowest BCUT2D eigenvalue weighted by Crippen LogP contribution is -2.63. The molecule has 0 aliphatic carbocycles. The Morgan fingerprint density at radius 1 is 0.676 bits per heavy atom. The Balaban J connectivity index is 1.13. The number of amides is 1. The molecule has 0 bridgehead atoms. The molecule has 0 radical (unpaired) electrons. The van der Waals surface area contributed by atoms with E-state index in [1.54, 1.807) is 10.4 Å². The van der Waals surface area contributed by atoms with Gasteiger partial charge in [-0.1, -0.05) is 126 Å². The van der Waals surface area contributed by atoms with E-state index in [4.69, 9.17) is 4.74 Å². The molecule has 188 valence electrons. The predicted molar refractivity (Wildman–Crippen MR) is 153 cm³/mol. The third-order valence-electron chi connectivity index (χ3n) is 7.44.